The third kappa shape index (κ3) is 2.88. The van der Waals surface area contributed by atoms with E-state index in [0.717, 1.165) is 17.3 Å². The van der Waals surface area contributed by atoms with E-state index in [1.807, 2.05) is 6.07 Å². The first-order valence-corrected chi connectivity index (χ1v) is 7.45. The van der Waals surface area contributed by atoms with Gasteiger partial charge in [0.2, 0.25) is 0 Å². The third-order valence-corrected chi connectivity index (χ3v) is 4.08. The van der Waals surface area contributed by atoms with Gasteiger partial charge in [-0.2, -0.15) is 0 Å². The standard InChI is InChI=1S/C15H10ClNO4S/c1-20-12-4-2-8(6-10(12)16)11-5-3-9(21-11)7-13-14(18)17-15(19)22-13/h2-7H,1H3,(H,17,18,19). The lowest BCUT2D eigenvalue weighted by molar-refractivity contribution is -0.115. The number of carbonyl (C=O) groups is 2. The van der Waals surface area contributed by atoms with Crippen LogP contribution in [-0.2, 0) is 4.79 Å². The molecule has 0 atom stereocenters. The highest BCUT2D eigenvalue weighted by molar-refractivity contribution is 8.18. The van der Waals surface area contributed by atoms with Crippen molar-refractivity contribution in [2.24, 2.45) is 0 Å². The lowest BCUT2D eigenvalue weighted by atomic mass is 10.2. The van der Waals surface area contributed by atoms with Crippen molar-refractivity contribution >= 4 is 40.6 Å². The molecule has 22 heavy (non-hydrogen) atoms. The lowest BCUT2D eigenvalue weighted by Crippen LogP contribution is -2.17. The Morgan fingerprint density at radius 3 is 2.73 bits per heavy atom. The Labute approximate surface area is 135 Å². The fourth-order valence-electron chi connectivity index (χ4n) is 1.96. The van der Waals surface area contributed by atoms with Crippen molar-refractivity contribution in [1.82, 2.24) is 5.32 Å². The zero-order valence-corrected chi connectivity index (χ0v) is 13.0. The Kier molecular flexibility index (Phi) is 3.96. The average molecular weight is 336 g/mol. The van der Waals surface area contributed by atoms with Gasteiger partial charge in [-0.05, 0) is 42.1 Å². The molecular formula is C15H10ClNO4S. The summed E-state index contributed by atoms with van der Waals surface area (Å²) in [4.78, 5) is 22.9. The normalized spacial score (nSPS) is 16.2. The summed E-state index contributed by atoms with van der Waals surface area (Å²) in [5.74, 6) is 1.25. The number of nitrogens with one attached hydrogen (secondary N) is 1. The molecule has 112 valence electrons. The number of halogens is 1. The maximum atomic E-state index is 11.5. The highest BCUT2D eigenvalue weighted by atomic mass is 35.5. The van der Waals surface area contributed by atoms with Crippen LogP contribution in [0, 0.1) is 0 Å². The second-order valence-electron chi connectivity index (χ2n) is 4.40. The highest BCUT2D eigenvalue weighted by Gasteiger charge is 2.25. The molecule has 0 unspecified atom stereocenters. The molecule has 1 fully saturated rings. The van der Waals surface area contributed by atoms with E-state index >= 15 is 0 Å². The first-order valence-electron chi connectivity index (χ1n) is 6.25. The summed E-state index contributed by atoms with van der Waals surface area (Å²) >= 11 is 6.93. The monoisotopic (exact) mass is 335 g/mol. The highest BCUT2D eigenvalue weighted by Crippen LogP contribution is 2.32. The van der Waals surface area contributed by atoms with Gasteiger partial charge in [0, 0.05) is 11.6 Å². The van der Waals surface area contributed by atoms with E-state index in [-0.39, 0.29) is 5.24 Å². The Morgan fingerprint density at radius 1 is 1.27 bits per heavy atom. The van der Waals surface area contributed by atoms with Crippen molar-refractivity contribution in [1.29, 1.82) is 0 Å². The number of hydrogen-bond donors (Lipinski definition) is 1. The average Bonchev–Trinajstić information content (AvgIpc) is 3.06. The van der Waals surface area contributed by atoms with Gasteiger partial charge in [-0.25, -0.2) is 0 Å². The summed E-state index contributed by atoms with van der Waals surface area (Å²) in [7, 11) is 1.55. The number of carbonyl (C=O) groups excluding carboxylic acids is 2. The molecule has 1 aliphatic rings. The van der Waals surface area contributed by atoms with E-state index in [4.69, 9.17) is 20.8 Å². The first kappa shape index (κ1) is 14.7. The maximum Gasteiger partial charge on any atom is 0.290 e. The van der Waals surface area contributed by atoms with E-state index in [0.29, 0.717) is 27.2 Å². The molecule has 1 saturated heterocycles. The van der Waals surface area contributed by atoms with Gasteiger partial charge in [0.1, 0.15) is 17.3 Å². The number of imide groups is 1. The molecule has 1 aromatic heterocycles. The molecule has 0 aliphatic carbocycles. The first-order chi connectivity index (χ1) is 10.6. The molecule has 1 aliphatic heterocycles. The molecule has 0 spiro atoms. The summed E-state index contributed by atoms with van der Waals surface area (Å²) < 4.78 is 10.8. The number of methoxy groups -OCH3 is 1. The third-order valence-electron chi connectivity index (χ3n) is 2.98. The van der Waals surface area contributed by atoms with Crippen LogP contribution in [-0.4, -0.2) is 18.3 Å². The number of amides is 2. The zero-order valence-electron chi connectivity index (χ0n) is 11.4. The van der Waals surface area contributed by atoms with Crippen LogP contribution in [0.1, 0.15) is 5.76 Å². The van der Waals surface area contributed by atoms with Crippen LogP contribution >= 0.6 is 23.4 Å². The fraction of sp³-hybridized carbons (Fsp3) is 0.0667. The van der Waals surface area contributed by atoms with Gasteiger partial charge in [-0.15, -0.1) is 0 Å². The Balaban J connectivity index is 1.88. The van der Waals surface area contributed by atoms with Crippen molar-refractivity contribution in [3.63, 3.8) is 0 Å². The Bertz CT molecular complexity index is 797. The molecular weight excluding hydrogens is 326 g/mol. The van der Waals surface area contributed by atoms with E-state index in [9.17, 15) is 9.59 Å². The van der Waals surface area contributed by atoms with Gasteiger partial charge < -0.3 is 9.15 Å². The topological polar surface area (TPSA) is 68.5 Å². The Hall–Kier alpha value is -2.18. The molecule has 2 heterocycles. The zero-order chi connectivity index (χ0) is 15.7. The van der Waals surface area contributed by atoms with Crippen LogP contribution in [0.25, 0.3) is 17.4 Å². The Morgan fingerprint density at radius 2 is 2.09 bits per heavy atom. The van der Waals surface area contributed by atoms with Gasteiger partial charge in [0.15, 0.2) is 0 Å². The van der Waals surface area contributed by atoms with Crippen LogP contribution in [0.2, 0.25) is 5.02 Å². The minimum atomic E-state index is -0.416. The predicted octanol–water partition coefficient (Wildman–Crippen LogP) is 3.93. The minimum absolute atomic E-state index is 0.304. The molecule has 2 amide bonds. The summed E-state index contributed by atoms with van der Waals surface area (Å²) in [6.45, 7) is 0. The second kappa shape index (κ2) is 5.90. The van der Waals surface area contributed by atoms with E-state index in [1.54, 1.807) is 31.4 Å². The van der Waals surface area contributed by atoms with Gasteiger partial charge in [0.05, 0.1) is 17.0 Å². The SMILES string of the molecule is COc1ccc(-c2ccc(C=C3SC(=O)NC3=O)o2)cc1Cl. The molecule has 3 rings (SSSR count). The molecule has 0 saturated carbocycles. The van der Waals surface area contributed by atoms with Gasteiger partial charge >= 0.3 is 0 Å². The largest absolute Gasteiger partial charge is 0.495 e. The molecule has 0 bridgehead atoms. The van der Waals surface area contributed by atoms with E-state index < -0.39 is 5.91 Å². The molecule has 7 heteroatoms. The number of furan rings is 1. The van der Waals surface area contributed by atoms with Crippen molar-refractivity contribution in [2.45, 2.75) is 0 Å². The molecule has 1 N–H and O–H groups in total. The van der Waals surface area contributed by atoms with Crippen molar-refractivity contribution in [3.05, 3.63) is 46.0 Å². The lowest BCUT2D eigenvalue weighted by Gasteiger charge is -2.04. The molecule has 5 nitrogen and oxygen atoms in total. The van der Waals surface area contributed by atoms with Crippen LogP contribution in [0.5, 0.6) is 5.75 Å². The van der Waals surface area contributed by atoms with Crippen molar-refractivity contribution in [2.75, 3.05) is 7.11 Å². The number of hydrogen-bond acceptors (Lipinski definition) is 5. The smallest absolute Gasteiger partial charge is 0.290 e. The van der Waals surface area contributed by atoms with Gasteiger partial charge in [-0.3, -0.25) is 14.9 Å². The number of ether oxygens (including phenoxy) is 1. The number of benzene rings is 1. The summed E-state index contributed by atoms with van der Waals surface area (Å²) in [6, 6.07) is 8.79. The molecule has 1 aromatic carbocycles. The van der Waals surface area contributed by atoms with Crippen molar-refractivity contribution < 1.29 is 18.7 Å². The van der Waals surface area contributed by atoms with Crippen molar-refractivity contribution in [3.8, 4) is 17.1 Å². The van der Waals surface area contributed by atoms with Gasteiger partial charge in [-0.1, -0.05) is 11.6 Å². The van der Waals surface area contributed by atoms with Crippen LogP contribution in [0.15, 0.2) is 39.7 Å². The van der Waals surface area contributed by atoms with Crippen LogP contribution in [0.3, 0.4) is 0 Å². The number of rotatable bonds is 3. The predicted molar refractivity (Wildman–Crippen MR) is 84.8 cm³/mol. The number of thioether (sulfide) groups is 1. The fourth-order valence-corrected chi connectivity index (χ4v) is 2.88. The molecule has 2 aromatic rings. The summed E-state index contributed by atoms with van der Waals surface area (Å²) in [5.41, 5.74) is 0.787. The maximum absolute atomic E-state index is 11.5. The summed E-state index contributed by atoms with van der Waals surface area (Å²) in [5, 5.41) is 2.28. The van der Waals surface area contributed by atoms with E-state index in [2.05, 4.69) is 5.32 Å². The van der Waals surface area contributed by atoms with Gasteiger partial charge in [0.25, 0.3) is 11.1 Å². The quantitative estimate of drug-likeness (QED) is 0.861. The minimum Gasteiger partial charge on any atom is -0.495 e. The van der Waals surface area contributed by atoms with Crippen LogP contribution in [0.4, 0.5) is 4.79 Å². The second-order valence-corrected chi connectivity index (χ2v) is 5.83. The summed E-state index contributed by atoms with van der Waals surface area (Å²) in [6.07, 6.45) is 1.53. The molecule has 0 radical (unpaired) electrons. The van der Waals surface area contributed by atoms with E-state index in [1.165, 1.54) is 6.08 Å². The van der Waals surface area contributed by atoms with Crippen LogP contribution < -0.4 is 10.1 Å².